The Morgan fingerprint density at radius 1 is 1.25 bits per heavy atom. The molecule has 0 bridgehead atoms. The normalized spacial score (nSPS) is 20.9. The minimum absolute atomic E-state index is 0.625. The molecule has 1 saturated carbocycles. The summed E-state index contributed by atoms with van der Waals surface area (Å²) in [5, 5.41) is 0. The lowest BCUT2D eigenvalue weighted by Gasteiger charge is -2.29. The third-order valence-electron chi connectivity index (χ3n) is 4.84. The van der Waals surface area contributed by atoms with E-state index in [0.717, 1.165) is 18.8 Å². The fraction of sp³-hybridized carbons (Fsp3) is 0.765. The Morgan fingerprint density at radius 3 is 2.90 bits per heavy atom. The fourth-order valence-corrected chi connectivity index (χ4v) is 3.50. The van der Waals surface area contributed by atoms with Crippen LogP contribution in [0.4, 0.5) is 0 Å². The van der Waals surface area contributed by atoms with E-state index in [1.807, 2.05) is 0 Å². The Hall–Kier alpha value is -0.960. The van der Waals surface area contributed by atoms with Crippen molar-refractivity contribution in [3.8, 4) is 0 Å². The third kappa shape index (κ3) is 3.20. The summed E-state index contributed by atoms with van der Waals surface area (Å²) in [7, 11) is 0. The molecule has 1 fully saturated rings. The Bertz CT molecular complexity index is 438. The standard InChI is InChI=1S/C17H27N3/c1-2-3-10-20-11-9-15-12-18-17(19-16(15)13-20)14-7-5-4-6-8-14/h12,14H,2-11,13H2,1H3. The zero-order chi connectivity index (χ0) is 13.8. The quantitative estimate of drug-likeness (QED) is 0.838. The van der Waals surface area contributed by atoms with Gasteiger partial charge in [0.1, 0.15) is 5.82 Å². The zero-order valence-electron chi connectivity index (χ0n) is 12.8. The van der Waals surface area contributed by atoms with Gasteiger partial charge in [-0.05, 0) is 37.8 Å². The SMILES string of the molecule is CCCCN1CCc2cnc(C3CCCCC3)nc2C1. The number of hydrogen-bond donors (Lipinski definition) is 0. The van der Waals surface area contributed by atoms with E-state index >= 15 is 0 Å². The summed E-state index contributed by atoms with van der Waals surface area (Å²) < 4.78 is 0. The second-order valence-corrected chi connectivity index (χ2v) is 6.41. The summed E-state index contributed by atoms with van der Waals surface area (Å²) in [6, 6.07) is 0. The fourth-order valence-electron chi connectivity index (χ4n) is 3.50. The summed E-state index contributed by atoms with van der Waals surface area (Å²) in [5.41, 5.74) is 2.69. The van der Waals surface area contributed by atoms with Gasteiger partial charge in [-0.3, -0.25) is 4.90 Å². The third-order valence-corrected chi connectivity index (χ3v) is 4.84. The maximum atomic E-state index is 4.94. The molecule has 3 nitrogen and oxygen atoms in total. The molecule has 1 aliphatic heterocycles. The topological polar surface area (TPSA) is 29.0 Å². The van der Waals surface area contributed by atoms with Gasteiger partial charge < -0.3 is 0 Å². The molecule has 1 aromatic heterocycles. The van der Waals surface area contributed by atoms with E-state index in [9.17, 15) is 0 Å². The predicted octanol–water partition coefficient (Wildman–Crippen LogP) is 3.68. The Kier molecular flexibility index (Phi) is 4.66. The Balaban J connectivity index is 1.71. The minimum atomic E-state index is 0.625. The molecule has 2 aliphatic rings. The lowest BCUT2D eigenvalue weighted by Crippen LogP contribution is -2.32. The molecule has 0 spiro atoms. The second kappa shape index (κ2) is 6.66. The molecule has 0 aromatic carbocycles. The van der Waals surface area contributed by atoms with E-state index in [1.165, 1.54) is 69.3 Å². The molecule has 0 N–H and O–H groups in total. The monoisotopic (exact) mass is 273 g/mol. The molecule has 0 unspecified atom stereocenters. The maximum absolute atomic E-state index is 4.94. The van der Waals surface area contributed by atoms with Gasteiger partial charge in [0.15, 0.2) is 0 Å². The molecule has 0 radical (unpaired) electrons. The molecular formula is C17H27N3. The van der Waals surface area contributed by atoms with Crippen LogP contribution in [0.25, 0.3) is 0 Å². The van der Waals surface area contributed by atoms with Crippen molar-refractivity contribution in [3.05, 3.63) is 23.3 Å². The lowest BCUT2D eigenvalue weighted by atomic mass is 9.88. The number of fused-ring (bicyclic) bond motifs is 1. The van der Waals surface area contributed by atoms with Gasteiger partial charge in [-0.2, -0.15) is 0 Å². The Labute approximate surface area is 122 Å². The van der Waals surface area contributed by atoms with Crippen molar-refractivity contribution < 1.29 is 0 Å². The van der Waals surface area contributed by atoms with Gasteiger partial charge in [-0.25, -0.2) is 9.97 Å². The number of rotatable bonds is 4. The molecule has 0 atom stereocenters. The minimum Gasteiger partial charge on any atom is -0.297 e. The van der Waals surface area contributed by atoms with E-state index in [0.29, 0.717) is 5.92 Å². The van der Waals surface area contributed by atoms with Gasteiger partial charge in [-0.15, -0.1) is 0 Å². The van der Waals surface area contributed by atoms with Crippen molar-refractivity contribution >= 4 is 0 Å². The molecule has 0 amide bonds. The second-order valence-electron chi connectivity index (χ2n) is 6.41. The van der Waals surface area contributed by atoms with E-state index in [1.54, 1.807) is 0 Å². The maximum Gasteiger partial charge on any atom is 0.131 e. The average molecular weight is 273 g/mol. The first kappa shape index (κ1) is 14.0. The predicted molar refractivity (Wildman–Crippen MR) is 81.7 cm³/mol. The molecule has 1 aliphatic carbocycles. The molecule has 3 heteroatoms. The summed E-state index contributed by atoms with van der Waals surface area (Å²) in [5.74, 6) is 1.75. The van der Waals surface area contributed by atoms with Crippen molar-refractivity contribution in [2.75, 3.05) is 13.1 Å². The molecule has 0 saturated heterocycles. The van der Waals surface area contributed by atoms with Crippen molar-refractivity contribution in [3.63, 3.8) is 0 Å². The molecule has 110 valence electrons. The number of unbranched alkanes of at least 4 members (excludes halogenated alkanes) is 1. The van der Waals surface area contributed by atoms with Crippen molar-refractivity contribution in [1.29, 1.82) is 0 Å². The van der Waals surface area contributed by atoms with E-state index < -0.39 is 0 Å². The van der Waals surface area contributed by atoms with Crippen LogP contribution in [0.3, 0.4) is 0 Å². The van der Waals surface area contributed by atoms with Gasteiger partial charge in [0, 0.05) is 25.2 Å². The number of nitrogens with zero attached hydrogens (tertiary/aromatic N) is 3. The van der Waals surface area contributed by atoms with Gasteiger partial charge in [0.2, 0.25) is 0 Å². The zero-order valence-corrected chi connectivity index (χ0v) is 12.8. The number of hydrogen-bond acceptors (Lipinski definition) is 3. The molecule has 2 heterocycles. The van der Waals surface area contributed by atoms with Crippen LogP contribution in [-0.2, 0) is 13.0 Å². The van der Waals surface area contributed by atoms with Crippen LogP contribution in [0.1, 0.15) is 74.9 Å². The molecule has 3 rings (SSSR count). The number of aromatic nitrogens is 2. The molecular weight excluding hydrogens is 246 g/mol. The van der Waals surface area contributed by atoms with Gasteiger partial charge in [-0.1, -0.05) is 32.6 Å². The lowest BCUT2D eigenvalue weighted by molar-refractivity contribution is 0.245. The summed E-state index contributed by atoms with van der Waals surface area (Å²) >= 11 is 0. The van der Waals surface area contributed by atoms with Crippen molar-refractivity contribution in [1.82, 2.24) is 14.9 Å². The van der Waals surface area contributed by atoms with E-state index in [4.69, 9.17) is 4.98 Å². The highest BCUT2D eigenvalue weighted by Crippen LogP contribution is 2.31. The highest BCUT2D eigenvalue weighted by atomic mass is 15.1. The highest BCUT2D eigenvalue weighted by molar-refractivity contribution is 5.21. The van der Waals surface area contributed by atoms with Gasteiger partial charge in [0.25, 0.3) is 0 Å². The Morgan fingerprint density at radius 2 is 2.10 bits per heavy atom. The average Bonchev–Trinajstić information content (AvgIpc) is 2.53. The van der Waals surface area contributed by atoms with Crippen LogP contribution in [-0.4, -0.2) is 28.0 Å². The van der Waals surface area contributed by atoms with Crippen LogP contribution in [0.15, 0.2) is 6.20 Å². The first-order valence-electron chi connectivity index (χ1n) is 8.44. The van der Waals surface area contributed by atoms with Gasteiger partial charge in [0.05, 0.1) is 5.69 Å². The van der Waals surface area contributed by atoms with Gasteiger partial charge >= 0.3 is 0 Å². The summed E-state index contributed by atoms with van der Waals surface area (Å²) in [4.78, 5) is 12.2. The highest BCUT2D eigenvalue weighted by Gasteiger charge is 2.22. The first-order valence-corrected chi connectivity index (χ1v) is 8.44. The molecule has 20 heavy (non-hydrogen) atoms. The first-order chi connectivity index (χ1) is 9.86. The van der Waals surface area contributed by atoms with Crippen LogP contribution in [0.5, 0.6) is 0 Å². The largest absolute Gasteiger partial charge is 0.297 e. The van der Waals surface area contributed by atoms with E-state index in [2.05, 4.69) is 23.0 Å². The van der Waals surface area contributed by atoms with Crippen molar-refractivity contribution in [2.24, 2.45) is 0 Å². The van der Waals surface area contributed by atoms with Crippen LogP contribution in [0.2, 0.25) is 0 Å². The smallest absolute Gasteiger partial charge is 0.131 e. The van der Waals surface area contributed by atoms with Crippen molar-refractivity contribution in [2.45, 2.75) is 70.8 Å². The molecule has 1 aromatic rings. The van der Waals surface area contributed by atoms with Crippen LogP contribution >= 0.6 is 0 Å². The summed E-state index contributed by atoms with van der Waals surface area (Å²) in [6.45, 7) is 5.71. The van der Waals surface area contributed by atoms with Crippen LogP contribution in [0, 0.1) is 0 Å². The van der Waals surface area contributed by atoms with E-state index in [-0.39, 0.29) is 0 Å². The van der Waals surface area contributed by atoms with Crippen LogP contribution < -0.4 is 0 Å². The summed E-state index contributed by atoms with van der Waals surface area (Å²) in [6.07, 6.45) is 12.5.